The van der Waals surface area contributed by atoms with Crippen molar-refractivity contribution in [2.75, 3.05) is 5.32 Å². The fourth-order valence-corrected chi connectivity index (χ4v) is 2.79. The lowest BCUT2D eigenvalue weighted by atomic mass is 10.1. The molecule has 22 heavy (non-hydrogen) atoms. The standard InChI is InChI=1S/C17H12FIN2O/c1-10-8-13(12-9-11(18)6-7-15(12)20-10)17(22)21-16-5-3-2-4-14(16)19/h2-9H,1H3,(H,21,22). The molecule has 0 bridgehead atoms. The number of halogens is 2. The number of hydrogen-bond donors (Lipinski definition) is 1. The third kappa shape index (κ3) is 2.94. The summed E-state index contributed by atoms with van der Waals surface area (Å²) in [5.41, 5.74) is 2.47. The predicted molar refractivity (Wildman–Crippen MR) is 93.6 cm³/mol. The Labute approximate surface area is 140 Å². The average molecular weight is 406 g/mol. The Hall–Kier alpha value is -2.02. The van der Waals surface area contributed by atoms with Gasteiger partial charge >= 0.3 is 0 Å². The quantitative estimate of drug-likeness (QED) is 0.636. The van der Waals surface area contributed by atoms with E-state index >= 15 is 0 Å². The summed E-state index contributed by atoms with van der Waals surface area (Å²) >= 11 is 2.16. The summed E-state index contributed by atoms with van der Waals surface area (Å²) in [5.74, 6) is -0.660. The summed E-state index contributed by atoms with van der Waals surface area (Å²) in [4.78, 5) is 16.9. The molecule has 2 aromatic carbocycles. The molecule has 0 aliphatic rings. The number of aryl methyl sites for hydroxylation is 1. The Balaban J connectivity index is 2.07. The van der Waals surface area contributed by atoms with E-state index in [0.717, 1.165) is 9.26 Å². The van der Waals surface area contributed by atoms with Gasteiger partial charge in [-0.2, -0.15) is 0 Å². The molecule has 0 aliphatic carbocycles. The maximum atomic E-state index is 13.5. The Bertz CT molecular complexity index is 880. The first-order valence-corrected chi connectivity index (χ1v) is 7.75. The summed E-state index contributed by atoms with van der Waals surface area (Å²) < 4.78 is 14.5. The van der Waals surface area contributed by atoms with Gasteiger partial charge in [-0.1, -0.05) is 12.1 Å². The zero-order chi connectivity index (χ0) is 15.7. The van der Waals surface area contributed by atoms with Crippen LogP contribution in [0.4, 0.5) is 10.1 Å². The van der Waals surface area contributed by atoms with E-state index in [-0.39, 0.29) is 11.7 Å². The SMILES string of the molecule is Cc1cc(C(=O)Nc2ccccc2I)c2cc(F)ccc2n1. The van der Waals surface area contributed by atoms with Gasteiger partial charge in [0.25, 0.3) is 5.91 Å². The molecule has 1 N–H and O–H groups in total. The molecule has 0 saturated carbocycles. The molecule has 3 aromatic rings. The van der Waals surface area contributed by atoms with Crippen LogP contribution in [0.3, 0.4) is 0 Å². The highest BCUT2D eigenvalue weighted by atomic mass is 127. The van der Waals surface area contributed by atoms with E-state index in [1.807, 2.05) is 31.2 Å². The van der Waals surface area contributed by atoms with Crippen molar-refractivity contribution in [3.05, 3.63) is 69.2 Å². The van der Waals surface area contributed by atoms with Crippen LogP contribution < -0.4 is 5.32 Å². The Kier molecular flexibility index (Phi) is 4.06. The molecule has 0 atom stereocenters. The van der Waals surface area contributed by atoms with Gasteiger partial charge < -0.3 is 5.32 Å². The van der Waals surface area contributed by atoms with Crippen LogP contribution in [-0.2, 0) is 0 Å². The smallest absolute Gasteiger partial charge is 0.256 e. The average Bonchev–Trinajstić information content (AvgIpc) is 2.49. The van der Waals surface area contributed by atoms with Crippen molar-refractivity contribution < 1.29 is 9.18 Å². The second-order valence-corrected chi connectivity index (χ2v) is 6.07. The number of carbonyl (C=O) groups is 1. The number of amides is 1. The number of nitrogens with zero attached hydrogens (tertiary/aromatic N) is 1. The molecule has 1 aromatic heterocycles. The van der Waals surface area contributed by atoms with E-state index in [9.17, 15) is 9.18 Å². The number of hydrogen-bond acceptors (Lipinski definition) is 2. The summed E-state index contributed by atoms with van der Waals surface area (Å²) in [6.45, 7) is 1.81. The Morgan fingerprint density at radius 2 is 1.95 bits per heavy atom. The monoisotopic (exact) mass is 406 g/mol. The number of nitrogens with one attached hydrogen (secondary N) is 1. The van der Waals surface area contributed by atoms with Crippen molar-refractivity contribution in [3.63, 3.8) is 0 Å². The summed E-state index contributed by atoms with van der Waals surface area (Å²) in [7, 11) is 0. The lowest BCUT2D eigenvalue weighted by molar-refractivity contribution is 0.102. The number of fused-ring (bicyclic) bond motifs is 1. The van der Waals surface area contributed by atoms with Crippen LogP contribution in [0.25, 0.3) is 10.9 Å². The summed E-state index contributed by atoms with van der Waals surface area (Å²) in [6.07, 6.45) is 0. The van der Waals surface area contributed by atoms with Crippen LogP contribution >= 0.6 is 22.6 Å². The first-order valence-electron chi connectivity index (χ1n) is 6.67. The van der Waals surface area contributed by atoms with Crippen molar-refractivity contribution in [2.45, 2.75) is 6.92 Å². The van der Waals surface area contributed by atoms with Gasteiger partial charge in [0.05, 0.1) is 16.8 Å². The fourth-order valence-electron chi connectivity index (χ4n) is 2.27. The first kappa shape index (κ1) is 14.9. The third-order valence-electron chi connectivity index (χ3n) is 3.27. The highest BCUT2D eigenvalue weighted by Crippen LogP contribution is 2.23. The minimum Gasteiger partial charge on any atom is -0.321 e. The highest BCUT2D eigenvalue weighted by molar-refractivity contribution is 14.1. The van der Waals surface area contributed by atoms with Gasteiger partial charge in [-0.15, -0.1) is 0 Å². The van der Waals surface area contributed by atoms with Crippen molar-refractivity contribution in [3.8, 4) is 0 Å². The molecule has 0 radical (unpaired) electrons. The molecule has 0 fully saturated rings. The van der Waals surface area contributed by atoms with Crippen molar-refractivity contribution in [1.82, 2.24) is 4.98 Å². The molecule has 3 rings (SSSR count). The maximum absolute atomic E-state index is 13.5. The van der Waals surface area contributed by atoms with E-state index in [0.29, 0.717) is 22.2 Å². The molecule has 1 amide bonds. The van der Waals surface area contributed by atoms with Gasteiger partial charge in [0.1, 0.15) is 5.82 Å². The van der Waals surface area contributed by atoms with E-state index in [2.05, 4.69) is 32.9 Å². The lowest BCUT2D eigenvalue weighted by Gasteiger charge is -2.10. The van der Waals surface area contributed by atoms with Crippen LogP contribution in [0.2, 0.25) is 0 Å². The number of pyridine rings is 1. The fraction of sp³-hybridized carbons (Fsp3) is 0.0588. The molecule has 5 heteroatoms. The van der Waals surface area contributed by atoms with Gasteiger partial charge in [0, 0.05) is 14.7 Å². The van der Waals surface area contributed by atoms with Gasteiger partial charge in [0.2, 0.25) is 0 Å². The van der Waals surface area contributed by atoms with E-state index in [1.54, 1.807) is 12.1 Å². The third-order valence-corrected chi connectivity index (χ3v) is 4.21. The van der Waals surface area contributed by atoms with Gasteiger partial charge in [-0.25, -0.2) is 4.39 Å². The van der Waals surface area contributed by atoms with Crippen LogP contribution in [0.15, 0.2) is 48.5 Å². The zero-order valence-corrected chi connectivity index (χ0v) is 13.9. The van der Waals surface area contributed by atoms with Crippen molar-refractivity contribution >= 4 is 45.1 Å². The predicted octanol–water partition coefficient (Wildman–Crippen LogP) is 4.54. The van der Waals surface area contributed by atoms with Crippen molar-refractivity contribution in [2.24, 2.45) is 0 Å². The van der Waals surface area contributed by atoms with Crippen molar-refractivity contribution in [1.29, 1.82) is 0 Å². The molecular weight excluding hydrogens is 394 g/mol. The number of benzene rings is 2. The number of anilines is 1. The van der Waals surface area contributed by atoms with Crippen LogP contribution in [0, 0.1) is 16.3 Å². The zero-order valence-electron chi connectivity index (χ0n) is 11.7. The molecule has 0 unspecified atom stereocenters. The number of para-hydroxylation sites is 1. The summed E-state index contributed by atoms with van der Waals surface area (Å²) in [6, 6.07) is 13.4. The van der Waals surface area contributed by atoms with Gasteiger partial charge in [0.15, 0.2) is 0 Å². The largest absolute Gasteiger partial charge is 0.321 e. The topological polar surface area (TPSA) is 42.0 Å². The van der Waals surface area contributed by atoms with Crippen LogP contribution in [0.5, 0.6) is 0 Å². The molecule has 3 nitrogen and oxygen atoms in total. The molecule has 0 aliphatic heterocycles. The number of carbonyl (C=O) groups excluding carboxylic acids is 1. The normalized spacial score (nSPS) is 10.7. The molecule has 0 saturated heterocycles. The second-order valence-electron chi connectivity index (χ2n) is 4.91. The van der Waals surface area contributed by atoms with Crippen LogP contribution in [0.1, 0.15) is 16.1 Å². The first-order chi connectivity index (χ1) is 10.5. The van der Waals surface area contributed by atoms with E-state index < -0.39 is 0 Å². The number of rotatable bonds is 2. The second kappa shape index (κ2) is 6.00. The highest BCUT2D eigenvalue weighted by Gasteiger charge is 2.14. The van der Waals surface area contributed by atoms with E-state index in [4.69, 9.17) is 0 Å². The van der Waals surface area contributed by atoms with Gasteiger partial charge in [-0.3, -0.25) is 9.78 Å². The summed E-state index contributed by atoms with van der Waals surface area (Å²) in [5, 5.41) is 3.38. The number of aromatic nitrogens is 1. The Morgan fingerprint density at radius 1 is 1.18 bits per heavy atom. The molecule has 1 heterocycles. The minimum atomic E-state index is -0.388. The van der Waals surface area contributed by atoms with E-state index in [1.165, 1.54) is 12.1 Å². The molecule has 0 spiro atoms. The Morgan fingerprint density at radius 3 is 2.73 bits per heavy atom. The molecular formula is C17H12FIN2O. The maximum Gasteiger partial charge on any atom is 0.256 e. The lowest BCUT2D eigenvalue weighted by Crippen LogP contribution is -2.14. The minimum absolute atomic E-state index is 0.273. The molecule has 110 valence electrons. The van der Waals surface area contributed by atoms with Gasteiger partial charge in [-0.05, 0) is 65.9 Å². The van der Waals surface area contributed by atoms with Crippen LogP contribution in [-0.4, -0.2) is 10.9 Å².